The number of aliphatic hydroxyl groups is 1. The van der Waals surface area contributed by atoms with Crippen molar-refractivity contribution in [3.8, 4) is 11.3 Å². The maximum absolute atomic E-state index is 13.6. The van der Waals surface area contributed by atoms with Crippen molar-refractivity contribution < 1.29 is 32.3 Å². The van der Waals surface area contributed by atoms with Crippen LogP contribution in [-0.4, -0.2) is 62.6 Å². The Bertz CT molecular complexity index is 1050. The largest absolute Gasteiger partial charge is 0.419 e. The number of likely N-dealkylation sites (tertiary alicyclic amines) is 1. The predicted octanol–water partition coefficient (Wildman–Crippen LogP) is 2.40. The minimum Gasteiger partial charge on any atom is -0.391 e. The monoisotopic (exact) mass is 471 g/mol. The Morgan fingerprint density at radius 2 is 1.91 bits per heavy atom. The molecule has 12 heteroatoms. The highest BCUT2D eigenvalue weighted by molar-refractivity contribution is 5.90. The van der Waals surface area contributed by atoms with Gasteiger partial charge in [0.2, 0.25) is 11.8 Å². The summed E-state index contributed by atoms with van der Waals surface area (Å²) in [7, 11) is 1.43. The van der Waals surface area contributed by atoms with Gasteiger partial charge in [0.15, 0.2) is 0 Å². The molecule has 0 unspecified atom stereocenters. The standard InChI is InChI=1S/C21H25F4N5O3/c1-20(2,3)17(19(33)29-9-12(31)8-16(29)18(32)26-4)30-10-15(27-28-30)11-5-6-14(22)13(7-11)21(23,24)25/h5-7,10,12,16-17,31H,8-9H2,1-4H3,(H,26,32)/t12-,16+,17-/m1/s1. The van der Waals surface area contributed by atoms with Crippen LogP contribution in [0.4, 0.5) is 17.6 Å². The Morgan fingerprint density at radius 1 is 1.24 bits per heavy atom. The van der Waals surface area contributed by atoms with Crippen LogP contribution in [0.1, 0.15) is 38.8 Å². The average Bonchev–Trinajstić information content (AvgIpc) is 3.33. The molecule has 2 heterocycles. The highest BCUT2D eigenvalue weighted by atomic mass is 19.4. The van der Waals surface area contributed by atoms with Crippen molar-refractivity contribution in [1.82, 2.24) is 25.2 Å². The first kappa shape index (κ1) is 24.6. The van der Waals surface area contributed by atoms with E-state index in [0.29, 0.717) is 12.1 Å². The van der Waals surface area contributed by atoms with Crippen molar-refractivity contribution in [3.63, 3.8) is 0 Å². The van der Waals surface area contributed by atoms with Crippen molar-refractivity contribution in [2.75, 3.05) is 13.6 Å². The molecule has 1 saturated heterocycles. The van der Waals surface area contributed by atoms with Crippen LogP contribution in [0.2, 0.25) is 0 Å². The van der Waals surface area contributed by atoms with E-state index in [4.69, 9.17) is 0 Å². The number of aromatic nitrogens is 3. The van der Waals surface area contributed by atoms with E-state index >= 15 is 0 Å². The fourth-order valence-corrected chi connectivity index (χ4v) is 3.95. The van der Waals surface area contributed by atoms with Gasteiger partial charge in [0, 0.05) is 25.6 Å². The molecule has 3 atom stereocenters. The van der Waals surface area contributed by atoms with Crippen LogP contribution in [0.3, 0.4) is 0 Å². The molecule has 2 N–H and O–H groups in total. The van der Waals surface area contributed by atoms with Crippen molar-refractivity contribution in [2.45, 2.75) is 51.6 Å². The number of carbonyl (C=O) groups is 2. The minimum atomic E-state index is -4.88. The third-order valence-corrected chi connectivity index (χ3v) is 5.51. The number of aliphatic hydroxyl groups excluding tert-OH is 1. The number of nitrogens with one attached hydrogen (secondary N) is 1. The molecule has 1 aliphatic heterocycles. The van der Waals surface area contributed by atoms with E-state index in [-0.39, 0.29) is 24.2 Å². The van der Waals surface area contributed by atoms with Crippen LogP contribution >= 0.6 is 0 Å². The van der Waals surface area contributed by atoms with Gasteiger partial charge in [0.05, 0.1) is 17.9 Å². The number of halogens is 4. The van der Waals surface area contributed by atoms with Gasteiger partial charge in [-0.3, -0.25) is 9.59 Å². The van der Waals surface area contributed by atoms with Crippen molar-refractivity contribution in [2.24, 2.45) is 5.41 Å². The molecule has 0 bridgehead atoms. The zero-order chi connectivity index (χ0) is 24.7. The lowest BCUT2D eigenvalue weighted by atomic mass is 9.85. The quantitative estimate of drug-likeness (QED) is 0.667. The van der Waals surface area contributed by atoms with Gasteiger partial charge in [-0.25, -0.2) is 9.07 Å². The van der Waals surface area contributed by atoms with Gasteiger partial charge < -0.3 is 15.3 Å². The lowest BCUT2D eigenvalue weighted by Gasteiger charge is -2.34. The van der Waals surface area contributed by atoms with Crippen molar-refractivity contribution >= 4 is 11.8 Å². The molecule has 3 rings (SSSR count). The number of hydrogen-bond acceptors (Lipinski definition) is 5. The molecular formula is C21H25F4N5O3. The molecule has 33 heavy (non-hydrogen) atoms. The Kier molecular flexibility index (Phi) is 6.51. The summed E-state index contributed by atoms with van der Waals surface area (Å²) >= 11 is 0. The average molecular weight is 471 g/mol. The second-order valence-electron chi connectivity index (χ2n) is 9.05. The zero-order valence-corrected chi connectivity index (χ0v) is 18.5. The number of carbonyl (C=O) groups excluding carboxylic acids is 2. The molecule has 0 radical (unpaired) electrons. The molecule has 180 valence electrons. The van der Waals surface area contributed by atoms with Gasteiger partial charge in [0.1, 0.15) is 23.6 Å². The summed E-state index contributed by atoms with van der Waals surface area (Å²) in [6, 6.07) is 0.639. The minimum absolute atomic E-state index is 0.0186. The van der Waals surface area contributed by atoms with Crippen molar-refractivity contribution in [1.29, 1.82) is 0 Å². The van der Waals surface area contributed by atoms with Gasteiger partial charge in [0.25, 0.3) is 0 Å². The molecule has 1 aliphatic rings. The topological polar surface area (TPSA) is 100 Å². The first-order chi connectivity index (χ1) is 15.2. The molecule has 1 fully saturated rings. The van der Waals surface area contributed by atoms with Crippen LogP contribution in [-0.2, 0) is 15.8 Å². The summed E-state index contributed by atoms with van der Waals surface area (Å²) < 4.78 is 54.1. The number of amides is 2. The zero-order valence-electron chi connectivity index (χ0n) is 18.5. The maximum Gasteiger partial charge on any atom is 0.419 e. The third kappa shape index (κ3) is 5.00. The van der Waals surface area contributed by atoms with E-state index in [9.17, 15) is 32.3 Å². The van der Waals surface area contributed by atoms with Crippen LogP contribution < -0.4 is 5.32 Å². The number of benzene rings is 1. The van der Waals surface area contributed by atoms with Gasteiger partial charge >= 0.3 is 6.18 Å². The number of alkyl halides is 3. The number of rotatable bonds is 4. The van der Waals surface area contributed by atoms with Crippen LogP contribution in [0.25, 0.3) is 11.3 Å². The fourth-order valence-electron chi connectivity index (χ4n) is 3.95. The predicted molar refractivity (Wildman–Crippen MR) is 109 cm³/mol. The van der Waals surface area contributed by atoms with E-state index in [1.807, 2.05) is 0 Å². The summed E-state index contributed by atoms with van der Waals surface area (Å²) in [5.41, 5.74) is -2.16. The van der Waals surface area contributed by atoms with E-state index in [1.165, 1.54) is 22.8 Å². The lowest BCUT2D eigenvalue weighted by molar-refractivity contribution is -0.144. The van der Waals surface area contributed by atoms with Crippen molar-refractivity contribution in [3.05, 3.63) is 35.8 Å². The Morgan fingerprint density at radius 3 is 2.48 bits per heavy atom. The van der Waals surface area contributed by atoms with Gasteiger partial charge in [-0.05, 0) is 23.6 Å². The molecule has 0 spiro atoms. The maximum atomic E-state index is 13.6. The normalized spacial score (nSPS) is 20.1. The smallest absolute Gasteiger partial charge is 0.391 e. The van der Waals surface area contributed by atoms with E-state index in [2.05, 4.69) is 15.6 Å². The van der Waals surface area contributed by atoms with Gasteiger partial charge in [-0.15, -0.1) is 5.10 Å². The molecule has 1 aromatic carbocycles. The van der Waals surface area contributed by atoms with E-state index in [0.717, 1.165) is 6.07 Å². The fraction of sp³-hybridized carbons (Fsp3) is 0.524. The summed E-state index contributed by atoms with van der Waals surface area (Å²) in [6.45, 7) is 5.24. The van der Waals surface area contributed by atoms with E-state index in [1.54, 1.807) is 20.8 Å². The molecular weight excluding hydrogens is 446 g/mol. The Hall–Kier alpha value is -3.02. The molecule has 8 nitrogen and oxygen atoms in total. The lowest BCUT2D eigenvalue weighted by Crippen LogP contribution is -2.49. The Labute approximate surface area is 187 Å². The van der Waals surface area contributed by atoms with E-state index < -0.39 is 53.0 Å². The summed E-state index contributed by atoms with van der Waals surface area (Å²) in [5.74, 6) is -2.31. The summed E-state index contributed by atoms with van der Waals surface area (Å²) in [4.78, 5) is 27.0. The summed E-state index contributed by atoms with van der Waals surface area (Å²) in [5, 5.41) is 20.4. The highest BCUT2D eigenvalue weighted by Crippen LogP contribution is 2.36. The molecule has 1 aromatic heterocycles. The number of β-amino-alcohol motifs (C(OH)–C–C–N with tert-alkyl or cyclic N) is 1. The van der Waals surface area contributed by atoms with Gasteiger partial charge in [-0.2, -0.15) is 13.2 Å². The van der Waals surface area contributed by atoms with Gasteiger partial charge in [-0.1, -0.05) is 26.0 Å². The second kappa shape index (κ2) is 8.73. The first-order valence-electron chi connectivity index (χ1n) is 10.2. The molecule has 0 saturated carbocycles. The molecule has 2 aromatic rings. The molecule has 0 aliphatic carbocycles. The second-order valence-corrected chi connectivity index (χ2v) is 9.05. The molecule has 2 amide bonds. The van der Waals surface area contributed by atoms with Crippen LogP contribution in [0.15, 0.2) is 24.4 Å². The number of nitrogens with zero attached hydrogens (tertiary/aromatic N) is 4. The number of likely N-dealkylation sites (N-methyl/N-ethyl adjacent to an activating group) is 1. The van der Waals surface area contributed by atoms with Crippen LogP contribution in [0.5, 0.6) is 0 Å². The van der Waals surface area contributed by atoms with Crippen LogP contribution in [0, 0.1) is 11.2 Å². The SMILES string of the molecule is CNC(=O)[C@@H]1C[C@@H](O)CN1C(=O)[C@@H](n1cc(-c2ccc(F)c(C(F)(F)F)c2)nn1)C(C)(C)C. The summed E-state index contributed by atoms with van der Waals surface area (Å²) in [6.07, 6.45) is -4.36. The Balaban J connectivity index is 1.98. The third-order valence-electron chi connectivity index (χ3n) is 5.51. The first-order valence-corrected chi connectivity index (χ1v) is 10.2. The highest BCUT2D eigenvalue weighted by Gasteiger charge is 2.45. The number of hydrogen-bond donors (Lipinski definition) is 2.